The van der Waals surface area contributed by atoms with E-state index >= 15 is 0 Å². The molecule has 2 aromatic rings. The van der Waals surface area contributed by atoms with Crippen LogP contribution in [-0.2, 0) is 12.7 Å². The molecule has 2 saturated heterocycles. The highest BCUT2D eigenvalue weighted by molar-refractivity contribution is 5.58. The molecule has 2 aliphatic rings. The van der Waals surface area contributed by atoms with Crippen molar-refractivity contribution in [1.82, 2.24) is 9.80 Å². The number of rotatable bonds is 5. The zero-order valence-electron chi connectivity index (χ0n) is 17.9. The van der Waals surface area contributed by atoms with Crippen LogP contribution >= 0.6 is 0 Å². The fraction of sp³-hybridized carbons (Fsp3) is 0.500. The molecule has 0 bridgehead atoms. The van der Waals surface area contributed by atoms with E-state index in [-0.39, 0.29) is 0 Å². The number of methoxy groups -OCH3 is 1. The minimum Gasteiger partial charge on any atom is -0.495 e. The Kier molecular flexibility index (Phi) is 6.72. The number of nitrogens with zero attached hydrogens (tertiary/aromatic N) is 3. The van der Waals surface area contributed by atoms with E-state index in [2.05, 4.69) is 20.8 Å². The Morgan fingerprint density at radius 1 is 0.871 bits per heavy atom. The van der Waals surface area contributed by atoms with Crippen LogP contribution in [0, 0.1) is 0 Å². The lowest BCUT2D eigenvalue weighted by atomic mass is 10.00. The maximum Gasteiger partial charge on any atom is 0.416 e. The maximum atomic E-state index is 13.3. The summed E-state index contributed by atoms with van der Waals surface area (Å²) < 4.78 is 45.3. The molecule has 0 unspecified atom stereocenters. The molecule has 4 nitrogen and oxygen atoms in total. The number of hydrogen-bond donors (Lipinski definition) is 0. The standard InChI is InChI=1S/C24H30F3N3O/c1-31-23-9-5-4-8-22(23)30-16-14-29(15-17-30)20-10-12-28(13-11-20)18-19-6-2-3-7-21(19)24(25,26)27/h2-9,20H,10-18H2,1H3. The molecule has 0 radical (unpaired) electrons. The molecule has 0 amide bonds. The van der Waals surface area contributed by atoms with Crippen LogP contribution in [0.15, 0.2) is 48.5 Å². The van der Waals surface area contributed by atoms with Crippen LogP contribution < -0.4 is 9.64 Å². The van der Waals surface area contributed by atoms with Crippen LogP contribution in [0.25, 0.3) is 0 Å². The number of benzene rings is 2. The first kappa shape index (κ1) is 22.0. The largest absolute Gasteiger partial charge is 0.495 e. The highest BCUT2D eigenvalue weighted by Gasteiger charge is 2.34. The summed E-state index contributed by atoms with van der Waals surface area (Å²) in [5.74, 6) is 0.906. The van der Waals surface area contributed by atoms with Gasteiger partial charge >= 0.3 is 6.18 Å². The first-order valence-corrected chi connectivity index (χ1v) is 10.9. The molecule has 2 fully saturated rings. The van der Waals surface area contributed by atoms with Crippen LogP contribution in [0.5, 0.6) is 5.75 Å². The van der Waals surface area contributed by atoms with Crippen molar-refractivity contribution in [3.05, 3.63) is 59.7 Å². The van der Waals surface area contributed by atoms with E-state index in [1.807, 2.05) is 18.2 Å². The van der Waals surface area contributed by atoms with Gasteiger partial charge in [0.1, 0.15) is 5.75 Å². The molecule has 0 aromatic heterocycles. The molecule has 0 spiro atoms. The minimum atomic E-state index is -4.30. The van der Waals surface area contributed by atoms with Gasteiger partial charge in [0, 0.05) is 38.8 Å². The fourth-order valence-corrected chi connectivity index (χ4v) is 4.84. The van der Waals surface area contributed by atoms with Gasteiger partial charge in [-0.2, -0.15) is 13.2 Å². The summed E-state index contributed by atoms with van der Waals surface area (Å²) in [6.07, 6.45) is -2.29. The van der Waals surface area contributed by atoms with E-state index in [9.17, 15) is 13.2 Å². The molecule has 31 heavy (non-hydrogen) atoms. The topological polar surface area (TPSA) is 19.0 Å². The summed E-state index contributed by atoms with van der Waals surface area (Å²) in [4.78, 5) is 7.08. The highest BCUT2D eigenvalue weighted by atomic mass is 19.4. The van der Waals surface area contributed by atoms with Crippen LogP contribution in [0.2, 0.25) is 0 Å². The molecule has 0 N–H and O–H groups in total. The third kappa shape index (κ3) is 5.15. The van der Waals surface area contributed by atoms with Gasteiger partial charge in [-0.15, -0.1) is 0 Å². The van der Waals surface area contributed by atoms with Gasteiger partial charge in [0.05, 0.1) is 18.4 Å². The van der Waals surface area contributed by atoms with Crippen molar-refractivity contribution < 1.29 is 17.9 Å². The summed E-state index contributed by atoms with van der Waals surface area (Å²) in [5, 5.41) is 0. The average Bonchev–Trinajstić information content (AvgIpc) is 2.79. The second-order valence-corrected chi connectivity index (χ2v) is 8.36. The predicted molar refractivity (Wildman–Crippen MR) is 117 cm³/mol. The van der Waals surface area contributed by atoms with Crippen LogP contribution in [0.4, 0.5) is 18.9 Å². The van der Waals surface area contributed by atoms with E-state index < -0.39 is 11.7 Å². The van der Waals surface area contributed by atoms with E-state index in [0.29, 0.717) is 18.2 Å². The maximum absolute atomic E-state index is 13.3. The van der Waals surface area contributed by atoms with Gasteiger partial charge in [0.25, 0.3) is 0 Å². The summed E-state index contributed by atoms with van der Waals surface area (Å²) in [5.41, 5.74) is 1.01. The van der Waals surface area contributed by atoms with Crippen molar-refractivity contribution in [1.29, 1.82) is 0 Å². The Labute approximate surface area is 182 Å². The SMILES string of the molecule is COc1ccccc1N1CCN(C2CCN(Cc3ccccc3C(F)(F)F)CC2)CC1. The smallest absolute Gasteiger partial charge is 0.416 e. The molecule has 168 valence electrons. The Bertz CT molecular complexity index is 857. The van der Waals surface area contributed by atoms with Gasteiger partial charge in [-0.3, -0.25) is 9.80 Å². The number of alkyl halides is 3. The number of halogens is 3. The molecular weight excluding hydrogens is 403 g/mol. The third-order valence-corrected chi connectivity index (χ3v) is 6.53. The number of para-hydroxylation sites is 2. The summed E-state index contributed by atoms with van der Waals surface area (Å²) in [6, 6.07) is 14.6. The Hall–Kier alpha value is -2.25. The Morgan fingerprint density at radius 3 is 2.19 bits per heavy atom. The number of piperidine rings is 1. The minimum absolute atomic E-state index is 0.365. The van der Waals surface area contributed by atoms with Gasteiger partial charge in [-0.05, 0) is 49.7 Å². The van der Waals surface area contributed by atoms with E-state index in [1.54, 1.807) is 19.2 Å². The van der Waals surface area contributed by atoms with Crippen molar-refractivity contribution in [3.63, 3.8) is 0 Å². The quantitative estimate of drug-likeness (QED) is 0.691. The van der Waals surface area contributed by atoms with E-state index in [1.165, 1.54) is 12.1 Å². The van der Waals surface area contributed by atoms with Crippen LogP contribution in [0.3, 0.4) is 0 Å². The first-order chi connectivity index (χ1) is 15.0. The molecule has 4 rings (SSSR count). The van der Waals surface area contributed by atoms with Crippen molar-refractivity contribution in [2.75, 3.05) is 51.3 Å². The lowest BCUT2D eigenvalue weighted by molar-refractivity contribution is -0.138. The molecule has 7 heteroatoms. The first-order valence-electron chi connectivity index (χ1n) is 10.9. The molecule has 0 aliphatic carbocycles. The molecular formula is C24H30F3N3O. The summed E-state index contributed by atoms with van der Waals surface area (Å²) >= 11 is 0. The van der Waals surface area contributed by atoms with Crippen molar-refractivity contribution in [3.8, 4) is 5.75 Å². The van der Waals surface area contributed by atoms with Gasteiger partial charge < -0.3 is 9.64 Å². The second kappa shape index (κ2) is 9.49. The van der Waals surface area contributed by atoms with E-state index in [4.69, 9.17) is 4.74 Å². The lowest BCUT2D eigenvalue weighted by Crippen LogP contribution is -2.53. The normalized spacial score (nSPS) is 19.5. The summed E-state index contributed by atoms with van der Waals surface area (Å²) in [6.45, 7) is 5.95. The Morgan fingerprint density at radius 2 is 1.52 bits per heavy atom. The van der Waals surface area contributed by atoms with Crippen LogP contribution in [0.1, 0.15) is 24.0 Å². The Balaban J connectivity index is 1.29. The molecule has 2 aliphatic heterocycles. The number of ether oxygens (including phenoxy) is 1. The predicted octanol–water partition coefficient (Wildman–Crippen LogP) is 4.50. The number of anilines is 1. The molecule has 0 saturated carbocycles. The molecule has 0 atom stereocenters. The number of hydrogen-bond acceptors (Lipinski definition) is 4. The van der Waals surface area contributed by atoms with Crippen molar-refractivity contribution in [2.45, 2.75) is 31.6 Å². The third-order valence-electron chi connectivity index (χ3n) is 6.53. The fourth-order valence-electron chi connectivity index (χ4n) is 4.84. The zero-order valence-corrected chi connectivity index (χ0v) is 17.9. The molecule has 2 aromatic carbocycles. The van der Waals surface area contributed by atoms with Gasteiger partial charge in [-0.1, -0.05) is 30.3 Å². The van der Waals surface area contributed by atoms with Gasteiger partial charge in [-0.25, -0.2) is 0 Å². The van der Waals surface area contributed by atoms with E-state index in [0.717, 1.165) is 63.5 Å². The summed E-state index contributed by atoms with van der Waals surface area (Å²) in [7, 11) is 1.70. The van der Waals surface area contributed by atoms with Gasteiger partial charge in [0.2, 0.25) is 0 Å². The second-order valence-electron chi connectivity index (χ2n) is 8.36. The van der Waals surface area contributed by atoms with Crippen molar-refractivity contribution >= 4 is 5.69 Å². The highest BCUT2D eigenvalue weighted by Crippen LogP contribution is 2.33. The van der Waals surface area contributed by atoms with Crippen LogP contribution in [-0.4, -0.2) is 62.2 Å². The zero-order chi connectivity index (χ0) is 21.8. The number of likely N-dealkylation sites (tertiary alicyclic amines) is 1. The number of piperazine rings is 1. The van der Waals surface area contributed by atoms with Crippen molar-refractivity contribution in [2.24, 2.45) is 0 Å². The monoisotopic (exact) mass is 433 g/mol. The molecule has 2 heterocycles. The van der Waals surface area contributed by atoms with Gasteiger partial charge in [0.15, 0.2) is 0 Å². The average molecular weight is 434 g/mol. The lowest BCUT2D eigenvalue weighted by Gasteiger charge is -2.43.